The van der Waals surface area contributed by atoms with E-state index in [1.165, 1.54) is 29.5 Å². The first kappa shape index (κ1) is 21.7. The van der Waals surface area contributed by atoms with Crippen molar-refractivity contribution in [1.82, 2.24) is 20.1 Å². The van der Waals surface area contributed by atoms with Crippen molar-refractivity contribution in [3.8, 4) is 0 Å². The number of hydrogen-bond acceptors (Lipinski definition) is 4. The van der Waals surface area contributed by atoms with E-state index in [2.05, 4.69) is 15.2 Å². The number of fused-ring (bicyclic) bond motifs is 3. The van der Waals surface area contributed by atoms with Crippen LogP contribution in [0.1, 0.15) is 55.2 Å². The summed E-state index contributed by atoms with van der Waals surface area (Å²) in [5.41, 5.74) is 4.10. The van der Waals surface area contributed by atoms with E-state index < -0.39 is 5.60 Å². The van der Waals surface area contributed by atoms with Gasteiger partial charge in [-0.25, -0.2) is 4.79 Å². The molecule has 2 heterocycles. The zero-order valence-electron chi connectivity index (χ0n) is 18.9. The third kappa shape index (κ3) is 5.21. The van der Waals surface area contributed by atoms with E-state index in [0.717, 1.165) is 43.6 Å². The van der Waals surface area contributed by atoms with Gasteiger partial charge in [0.05, 0.1) is 0 Å². The highest BCUT2D eigenvalue weighted by atomic mass is 16.6. The second-order valence-electron chi connectivity index (χ2n) is 9.61. The lowest BCUT2D eigenvalue weighted by Gasteiger charge is -2.35. The molecular weight excluding hydrogens is 392 g/mol. The number of piperazine rings is 1. The van der Waals surface area contributed by atoms with E-state index >= 15 is 0 Å². The summed E-state index contributed by atoms with van der Waals surface area (Å²) in [4.78, 5) is 32.4. The van der Waals surface area contributed by atoms with Gasteiger partial charge in [-0.2, -0.15) is 0 Å². The van der Waals surface area contributed by atoms with Gasteiger partial charge in [0.15, 0.2) is 0 Å². The molecule has 1 fully saturated rings. The van der Waals surface area contributed by atoms with E-state index in [0.29, 0.717) is 19.6 Å². The summed E-state index contributed by atoms with van der Waals surface area (Å²) >= 11 is 0. The van der Waals surface area contributed by atoms with Gasteiger partial charge in [-0.3, -0.25) is 9.69 Å². The minimum atomic E-state index is -0.471. The van der Waals surface area contributed by atoms with Crippen LogP contribution < -0.4 is 5.32 Å². The molecule has 168 valence electrons. The second kappa shape index (κ2) is 8.91. The van der Waals surface area contributed by atoms with Crippen LogP contribution in [0.25, 0.3) is 10.9 Å². The Bertz CT molecular complexity index is 952. The fourth-order valence-corrected chi connectivity index (χ4v) is 4.46. The highest BCUT2D eigenvalue weighted by molar-refractivity contribution is 5.99. The second-order valence-corrected chi connectivity index (χ2v) is 9.61. The van der Waals surface area contributed by atoms with Gasteiger partial charge < -0.3 is 19.9 Å². The van der Waals surface area contributed by atoms with E-state index in [1.807, 2.05) is 39.0 Å². The number of nitrogens with one attached hydrogen (secondary N) is 2. The van der Waals surface area contributed by atoms with E-state index in [9.17, 15) is 9.59 Å². The molecule has 4 rings (SSSR count). The molecule has 31 heavy (non-hydrogen) atoms. The summed E-state index contributed by atoms with van der Waals surface area (Å²) < 4.78 is 5.44. The number of nitrogens with zero attached hydrogens (tertiary/aromatic N) is 2. The van der Waals surface area contributed by atoms with E-state index in [-0.39, 0.29) is 12.0 Å². The Morgan fingerprint density at radius 1 is 1.10 bits per heavy atom. The first-order chi connectivity index (χ1) is 14.8. The zero-order valence-corrected chi connectivity index (χ0v) is 18.9. The maximum atomic E-state index is 12.7. The number of hydrogen-bond donors (Lipinski definition) is 2. The highest BCUT2D eigenvalue weighted by Crippen LogP contribution is 2.29. The number of carbonyl (C=O) groups excluding carboxylic acids is 2. The molecule has 1 aliphatic carbocycles. The molecule has 2 aliphatic rings. The molecule has 0 radical (unpaired) electrons. The van der Waals surface area contributed by atoms with Crippen molar-refractivity contribution in [2.45, 2.75) is 52.1 Å². The minimum Gasteiger partial charge on any atom is -0.444 e. The number of amides is 2. The van der Waals surface area contributed by atoms with Crippen LogP contribution in [0.15, 0.2) is 18.2 Å². The number of aromatic amines is 1. The van der Waals surface area contributed by atoms with Crippen LogP contribution >= 0.6 is 0 Å². The molecule has 0 bridgehead atoms. The third-order valence-electron chi connectivity index (χ3n) is 6.10. The van der Waals surface area contributed by atoms with Crippen LogP contribution in [0.2, 0.25) is 0 Å². The standard InChI is InChI=1S/C24H34N4O3/c1-24(2,3)31-23(30)28-14-12-27(13-15-28)11-10-25-22(29)17-8-9-21-19(16-17)18-6-4-5-7-20(18)26-21/h8-9,16,26H,4-7,10-15H2,1-3H3,(H,25,29). The molecule has 2 amide bonds. The van der Waals surface area contributed by atoms with Crippen molar-refractivity contribution < 1.29 is 14.3 Å². The molecule has 0 unspecified atom stereocenters. The van der Waals surface area contributed by atoms with Crippen LogP contribution in [0.3, 0.4) is 0 Å². The number of aromatic nitrogens is 1. The van der Waals surface area contributed by atoms with Crippen LogP contribution in [-0.2, 0) is 17.6 Å². The summed E-state index contributed by atoms with van der Waals surface area (Å²) in [5.74, 6) is -0.0277. The molecule has 1 saturated heterocycles. The fraction of sp³-hybridized carbons (Fsp3) is 0.583. The van der Waals surface area contributed by atoms with Crippen molar-refractivity contribution in [3.63, 3.8) is 0 Å². The normalized spacial score (nSPS) is 17.5. The number of H-pyrrole nitrogens is 1. The zero-order chi connectivity index (χ0) is 22.0. The smallest absolute Gasteiger partial charge is 0.410 e. The van der Waals surface area contributed by atoms with Crippen molar-refractivity contribution >= 4 is 22.9 Å². The van der Waals surface area contributed by atoms with Crippen molar-refractivity contribution in [3.05, 3.63) is 35.0 Å². The molecule has 7 nitrogen and oxygen atoms in total. The van der Waals surface area contributed by atoms with Crippen LogP contribution in [0.5, 0.6) is 0 Å². The molecule has 1 aromatic heterocycles. The number of rotatable bonds is 4. The number of aryl methyl sites for hydroxylation is 2. The van der Waals surface area contributed by atoms with Crippen LogP contribution in [-0.4, -0.2) is 71.7 Å². The third-order valence-corrected chi connectivity index (χ3v) is 6.10. The van der Waals surface area contributed by atoms with Gasteiger partial charge in [0.25, 0.3) is 5.91 Å². The average Bonchev–Trinajstić information content (AvgIpc) is 3.11. The molecule has 0 saturated carbocycles. The molecular formula is C24H34N4O3. The molecule has 2 aromatic rings. The topological polar surface area (TPSA) is 77.7 Å². The van der Waals surface area contributed by atoms with Gasteiger partial charge >= 0.3 is 6.09 Å². The monoisotopic (exact) mass is 426 g/mol. The van der Waals surface area contributed by atoms with Crippen molar-refractivity contribution in [2.24, 2.45) is 0 Å². The molecule has 0 spiro atoms. The Kier molecular flexibility index (Phi) is 6.23. The Morgan fingerprint density at radius 3 is 2.58 bits per heavy atom. The predicted molar refractivity (Wildman–Crippen MR) is 122 cm³/mol. The van der Waals surface area contributed by atoms with Gasteiger partial charge in [-0.15, -0.1) is 0 Å². The van der Waals surface area contributed by atoms with Gasteiger partial charge in [0.1, 0.15) is 5.60 Å². The first-order valence-electron chi connectivity index (χ1n) is 11.4. The lowest BCUT2D eigenvalue weighted by molar-refractivity contribution is 0.0147. The van der Waals surface area contributed by atoms with Crippen LogP contribution in [0.4, 0.5) is 4.79 Å². The maximum Gasteiger partial charge on any atom is 0.410 e. The van der Waals surface area contributed by atoms with Crippen molar-refractivity contribution in [1.29, 1.82) is 0 Å². The van der Waals surface area contributed by atoms with E-state index in [4.69, 9.17) is 4.74 Å². The van der Waals surface area contributed by atoms with Gasteiger partial charge in [-0.1, -0.05) is 0 Å². The summed E-state index contributed by atoms with van der Waals surface area (Å²) in [7, 11) is 0. The lowest BCUT2D eigenvalue weighted by Crippen LogP contribution is -2.51. The van der Waals surface area contributed by atoms with Crippen LogP contribution in [0, 0.1) is 0 Å². The summed E-state index contributed by atoms with van der Waals surface area (Å²) in [6.45, 7) is 9.89. The Morgan fingerprint density at radius 2 is 1.84 bits per heavy atom. The Hall–Kier alpha value is -2.54. The fourth-order valence-electron chi connectivity index (χ4n) is 4.46. The number of carbonyl (C=O) groups is 2. The van der Waals surface area contributed by atoms with Crippen molar-refractivity contribution in [2.75, 3.05) is 39.3 Å². The number of ether oxygens (including phenoxy) is 1. The molecule has 1 aromatic carbocycles. The molecule has 7 heteroatoms. The maximum absolute atomic E-state index is 12.7. The largest absolute Gasteiger partial charge is 0.444 e. The SMILES string of the molecule is CC(C)(C)OC(=O)N1CCN(CCNC(=O)c2ccc3[nH]c4c(c3c2)CCCC4)CC1. The average molecular weight is 427 g/mol. The quantitative estimate of drug-likeness (QED) is 0.786. The molecule has 1 aliphatic heterocycles. The first-order valence-corrected chi connectivity index (χ1v) is 11.4. The lowest BCUT2D eigenvalue weighted by atomic mass is 9.95. The predicted octanol–water partition coefficient (Wildman–Crippen LogP) is 3.33. The van der Waals surface area contributed by atoms with Gasteiger partial charge in [0, 0.05) is 61.4 Å². The Labute approximate surface area is 184 Å². The van der Waals surface area contributed by atoms with Gasteiger partial charge in [0.2, 0.25) is 0 Å². The Balaban J connectivity index is 1.25. The van der Waals surface area contributed by atoms with Gasteiger partial charge in [-0.05, 0) is 70.2 Å². The summed E-state index contributed by atoms with van der Waals surface area (Å²) in [6.07, 6.45) is 4.40. The molecule has 2 N–H and O–H groups in total. The number of benzene rings is 1. The summed E-state index contributed by atoms with van der Waals surface area (Å²) in [5, 5.41) is 4.25. The van der Waals surface area contributed by atoms with E-state index in [1.54, 1.807) is 4.90 Å². The highest BCUT2D eigenvalue weighted by Gasteiger charge is 2.25. The molecule has 0 atom stereocenters. The summed E-state index contributed by atoms with van der Waals surface area (Å²) in [6, 6.07) is 5.96. The minimum absolute atomic E-state index is 0.0277.